The van der Waals surface area contributed by atoms with Gasteiger partial charge >= 0.3 is 0 Å². The molecule has 1 aromatic rings. The summed E-state index contributed by atoms with van der Waals surface area (Å²) in [6, 6.07) is 9.27. The zero-order valence-electron chi connectivity index (χ0n) is 14.3. The van der Waals surface area contributed by atoms with E-state index in [1.165, 1.54) is 6.42 Å². The lowest BCUT2D eigenvalue weighted by atomic mass is 9.67. The van der Waals surface area contributed by atoms with Crippen LogP contribution < -0.4 is 16.0 Å². The third-order valence-electron chi connectivity index (χ3n) is 5.54. The summed E-state index contributed by atoms with van der Waals surface area (Å²) in [5.74, 6) is 0.312. The Hall–Kier alpha value is -1.88. The number of amides is 2. The minimum Gasteiger partial charge on any atom is -0.350 e. The first-order valence-electron chi connectivity index (χ1n) is 8.95. The second kappa shape index (κ2) is 7.34. The second-order valence-electron chi connectivity index (χ2n) is 7.13. The average molecular weight is 329 g/mol. The molecule has 1 aromatic carbocycles. The number of carbonyl (C=O) groups excluding carboxylic acids is 2. The highest BCUT2D eigenvalue weighted by molar-refractivity contribution is 5.90. The molecule has 130 valence electrons. The number of rotatable bonds is 5. The monoisotopic (exact) mass is 329 g/mol. The third kappa shape index (κ3) is 3.46. The normalized spacial score (nSPS) is 27.1. The Balaban J connectivity index is 1.54. The van der Waals surface area contributed by atoms with Crippen molar-refractivity contribution in [2.75, 3.05) is 13.1 Å². The van der Waals surface area contributed by atoms with Crippen LogP contribution in [0.3, 0.4) is 0 Å². The summed E-state index contributed by atoms with van der Waals surface area (Å²) in [5, 5.41) is 9.23. The summed E-state index contributed by atoms with van der Waals surface area (Å²) < 4.78 is 0. The zero-order valence-corrected chi connectivity index (χ0v) is 14.3. The molecule has 5 heteroatoms. The predicted octanol–water partition coefficient (Wildman–Crippen LogP) is 1.59. The highest BCUT2D eigenvalue weighted by Crippen LogP contribution is 2.43. The summed E-state index contributed by atoms with van der Waals surface area (Å²) in [7, 11) is 0. The molecular weight excluding hydrogens is 302 g/mol. The van der Waals surface area contributed by atoms with Crippen LogP contribution >= 0.6 is 0 Å². The van der Waals surface area contributed by atoms with E-state index in [1.54, 1.807) is 6.92 Å². The van der Waals surface area contributed by atoms with Gasteiger partial charge in [0, 0.05) is 13.1 Å². The van der Waals surface area contributed by atoms with E-state index < -0.39 is 6.04 Å². The Labute approximate surface area is 143 Å². The molecule has 5 nitrogen and oxygen atoms in total. The van der Waals surface area contributed by atoms with Gasteiger partial charge in [0.15, 0.2) is 0 Å². The summed E-state index contributed by atoms with van der Waals surface area (Å²) in [5.41, 5.74) is 0.738. The van der Waals surface area contributed by atoms with Crippen molar-refractivity contribution in [2.24, 2.45) is 11.3 Å². The lowest BCUT2D eigenvalue weighted by molar-refractivity contribution is -0.137. The molecule has 3 N–H and O–H groups in total. The summed E-state index contributed by atoms with van der Waals surface area (Å²) >= 11 is 0. The first kappa shape index (κ1) is 17.0. The van der Waals surface area contributed by atoms with Crippen LogP contribution in [-0.4, -0.2) is 30.9 Å². The fourth-order valence-corrected chi connectivity index (χ4v) is 4.03. The average Bonchev–Trinajstić information content (AvgIpc) is 3.05. The Morgan fingerprint density at radius 2 is 2.08 bits per heavy atom. The van der Waals surface area contributed by atoms with Crippen molar-refractivity contribution in [3.05, 3.63) is 35.9 Å². The van der Waals surface area contributed by atoms with Crippen molar-refractivity contribution in [2.45, 2.75) is 45.2 Å². The molecule has 2 fully saturated rings. The van der Waals surface area contributed by atoms with Crippen molar-refractivity contribution >= 4 is 11.8 Å². The van der Waals surface area contributed by atoms with Gasteiger partial charge in [-0.2, -0.15) is 0 Å². The van der Waals surface area contributed by atoms with Crippen LogP contribution in [0, 0.1) is 11.3 Å². The lowest BCUT2D eigenvalue weighted by Crippen LogP contribution is -2.53. The summed E-state index contributed by atoms with van der Waals surface area (Å²) in [6.07, 6.45) is 4.33. The van der Waals surface area contributed by atoms with Crippen LogP contribution in [0.25, 0.3) is 0 Å². The summed E-state index contributed by atoms with van der Waals surface area (Å²) in [4.78, 5) is 25.1. The van der Waals surface area contributed by atoms with Crippen LogP contribution in [0.5, 0.6) is 0 Å². The maximum absolute atomic E-state index is 12.9. The number of hydrogen-bond donors (Lipinski definition) is 3. The van der Waals surface area contributed by atoms with Crippen LogP contribution in [0.2, 0.25) is 0 Å². The van der Waals surface area contributed by atoms with Crippen molar-refractivity contribution in [1.29, 1.82) is 0 Å². The van der Waals surface area contributed by atoms with Crippen molar-refractivity contribution in [3.8, 4) is 0 Å². The maximum atomic E-state index is 12.9. The van der Waals surface area contributed by atoms with Gasteiger partial charge in [0.25, 0.3) is 0 Å². The highest BCUT2D eigenvalue weighted by atomic mass is 16.2. The number of fused-ring (bicyclic) bond motifs is 1. The third-order valence-corrected chi connectivity index (χ3v) is 5.54. The van der Waals surface area contributed by atoms with Gasteiger partial charge in [-0.3, -0.25) is 9.59 Å². The second-order valence-corrected chi connectivity index (χ2v) is 7.13. The smallest absolute Gasteiger partial charge is 0.242 e. The van der Waals surface area contributed by atoms with E-state index in [2.05, 4.69) is 16.0 Å². The minimum atomic E-state index is -0.515. The van der Waals surface area contributed by atoms with Gasteiger partial charge in [0.1, 0.15) is 6.04 Å². The van der Waals surface area contributed by atoms with Crippen molar-refractivity contribution in [1.82, 2.24) is 16.0 Å². The molecule has 3 rings (SSSR count). The molecule has 1 aliphatic heterocycles. The topological polar surface area (TPSA) is 70.2 Å². The molecule has 0 aromatic heterocycles. The van der Waals surface area contributed by atoms with Gasteiger partial charge in [-0.1, -0.05) is 43.2 Å². The first-order chi connectivity index (χ1) is 11.6. The van der Waals surface area contributed by atoms with E-state index in [0.29, 0.717) is 12.5 Å². The Kier molecular flexibility index (Phi) is 5.19. The minimum absolute atomic E-state index is 0.0413. The fourth-order valence-electron chi connectivity index (χ4n) is 4.03. The van der Waals surface area contributed by atoms with Crippen LogP contribution in [0.1, 0.15) is 38.2 Å². The molecule has 0 bridgehead atoms. The van der Waals surface area contributed by atoms with E-state index >= 15 is 0 Å². The molecule has 24 heavy (non-hydrogen) atoms. The number of hydrogen-bond acceptors (Lipinski definition) is 3. The summed E-state index contributed by atoms with van der Waals surface area (Å²) in [6.45, 7) is 3.90. The van der Waals surface area contributed by atoms with Crippen LogP contribution in [-0.2, 0) is 16.1 Å². The van der Waals surface area contributed by atoms with Crippen molar-refractivity contribution < 1.29 is 9.59 Å². The first-order valence-corrected chi connectivity index (χ1v) is 8.95. The van der Waals surface area contributed by atoms with Crippen LogP contribution in [0.4, 0.5) is 0 Å². The van der Waals surface area contributed by atoms with Gasteiger partial charge in [0.05, 0.1) is 5.41 Å². The van der Waals surface area contributed by atoms with E-state index in [4.69, 9.17) is 0 Å². The van der Waals surface area contributed by atoms with Gasteiger partial charge in [0.2, 0.25) is 11.8 Å². The molecule has 0 spiro atoms. The molecule has 3 atom stereocenters. The van der Waals surface area contributed by atoms with E-state index in [0.717, 1.165) is 37.9 Å². The van der Waals surface area contributed by atoms with Gasteiger partial charge in [-0.15, -0.1) is 0 Å². The predicted molar refractivity (Wildman–Crippen MR) is 93.2 cm³/mol. The maximum Gasteiger partial charge on any atom is 0.242 e. The molecule has 2 aliphatic rings. The molecule has 1 saturated carbocycles. The SMILES string of the molecule is CC(NC(=O)[C@@]12CCCC[C@H]1CNC2)C(=O)NCc1ccccc1. The van der Waals surface area contributed by atoms with Crippen molar-refractivity contribution in [3.63, 3.8) is 0 Å². The van der Waals surface area contributed by atoms with E-state index in [9.17, 15) is 9.59 Å². The Morgan fingerprint density at radius 1 is 1.29 bits per heavy atom. The lowest BCUT2D eigenvalue weighted by Gasteiger charge is -2.37. The van der Waals surface area contributed by atoms with E-state index in [-0.39, 0.29) is 17.2 Å². The number of benzene rings is 1. The molecule has 0 radical (unpaired) electrons. The van der Waals surface area contributed by atoms with Gasteiger partial charge in [-0.25, -0.2) is 0 Å². The number of carbonyl (C=O) groups is 2. The molecule has 2 amide bonds. The Morgan fingerprint density at radius 3 is 2.88 bits per heavy atom. The standard InChI is InChI=1S/C19H27N3O2/c1-14(17(23)21-11-15-7-3-2-4-8-15)22-18(24)19-10-6-5-9-16(19)12-20-13-19/h2-4,7-8,14,16,20H,5-6,9-13H2,1H3,(H,21,23)(H,22,24)/t14?,16-,19+/m0/s1. The molecule has 1 heterocycles. The molecule has 1 aliphatic carbocycles. The van der Waals surface area contributed by atoms with Gasteiger partial charge in [-0.05, 0) is 37.8 Å². The highest BCUT2D eigenvalue weighted by Gasteiger charge is 2.50. The van der Waals surface area contributed by atoms with Gasteiger partial charge < -0.3 is 16.0 Å². The quantitative estimate of drug-likeness (QED) is 0.768. The Bertz CT molecular complexity index is 590. The van der Waals surface area contributed by atoms with Crippen LogP contribution in [0.15, 0.2) is 30.3 Å². The number of nitrogens with one attached hydrogen (secondary N) is 3. The largest absolute Gasteiger partial charge is 0.350 e. The molecule has 1 saturated heterocycles. The van der Waals surface area contributed by atoms with E-state index in [1.807, 2.05) is 30.3 Å². The molecular formula is C19H27N3O2. The molecule has 1 unspecified atom stereocenters. The fraction of sp³-hybridized carbons (Fsp3) is 0.579. The zero-order chi connectivity index (χ0) is 17.0.